The second kappa shape index (κ2) is 3.83. The summed E-state index contributed by atoms with van der Waals surface area (Å²) in [7, 11) is 0. The Bertz CT molecular complexity index is 291. The van der Waals surface area contributed by atoms with E-state index in [0.29, 0.717) is 31.7 Å². The molecule has 74 valence electrons. The molecule has 3 heteroatoms. The molecule has 2 unspecified atom stereocenters. The maximum absolute atomic E-state index is 11.0. The molecule has 3 nitrogen and oxygen atoms in total. The second-order valence-corrected chi connectivity index (χ2v) is 3.85. The molecule has 2 fully saturated rings. The van der Waals surface area contributed by atoms with Crippen LogP contribution in [0, 0.1) is 23.7 Å². The first-order valence-corrected chi connectivity index (χ1v) is 4.92. The first kappa shape index (κ1) is 9.26. The molecule has 0 N–H and O–H groups in total. The summed E-state index contributed by atoms with van der Waals surface area (Å²) < 4.78 is 4.79. The van der Waals surface area contributed by atoms with Gasteiger partial charge in [0.2, 0.25) is 0 Å². The summed E-state index contributed by atoms with van der Waals surface area (Å²) in [6.45, 7) is 0.423. The predicted octanol–water partition coefficient (Wildman–Crippen LogP) is 0.922. The molecule has 1 heterocycles. The highest BCUT2D eigenvalue weighted by molar-refractivity contribution is 5.81. The van der Waals surface area contributed by atoms with Crippen molar-refractivity contribution in [3.63, 3.8) is 0 Å². The van der Waals surface area contributed by atoms with Crippen LogP contribution in [-0.2, 0) is 14.3 Å². The van der Waals surface area contributed by atoms with Crippen LogP contribution in [0.2, 0.25) is 0 Å². The van der Waals surface area contributed by atoms with Gasteiger partial charge in [-0.2, -0.15) is 0 Å². The Morgan fingerprint density at radius 1 is 1.14 bits per heavy atom. The van der Waals surface area contributed by atoms with Gasteiger partial charge in [-0.1, -0.05) is 11.8 Å². The second-order valence-electron chi connectivity index (χ2n) is 3.85. The Labute approximate surface area is 82.8 Å². The number of carbonyl (C=O) groups excluding carboxylic acids is 2. The van der Waals surface area contributed by atoms with E-state index in [4.69, 9.17) is 4.74 Å². The maximum atomic E-state index is 11.0. The number of carbonyl (C=O) groups is 2. The summed E-state index contributed by atoms with van der Waals surface area (Å²) in [5.74, 6) is 6.52. The van der Waals surface area contributed by atoms with Crippen molar-refractivity contribution in [1.82, 2.24) is 0 Å². The fourth-order valence-corrected chi connectivity index (χ4v) is 1.78. The van der Waals surface area contributed by atoms with Crippen LogP contribution in [-0.4, -0.2) is 18.4 Å². The van der Waals surface area contributed by atoms with Crippen LogP contribution in [0.15, 0.2) is 0 Å². The lowest BCUT2D eigenvalue weighted by Crippen LogP contribution is -1.97. The monoisotopic (exact) mass is 192 g/mol. The molecule has 0 aromatic rings. The van der Waals surface area contributed by atoms with Gasteiger partial charge in [0.05, 0.1) is 12.3 Å². The van der Waals surface area contributed by atoms with Gasteiger partial charge in [0.25, 0.3) is 0 Å². The number of hydrogen-bond acceptors (Lipinski definition) is 3. The SMILES string of the molecule is O=C1CCC(C#CC2COC(=O)C2)C1. The predicted molar refractivity (Wildman–Crippen MR) is 49.2 cm³/mol. The van der Waals surface area contributed by atoms with E-state index in [0.717, 1.165) is 6.42 Å². The quantitative estimate of drug-likeness (QED) is 0.423. The molecular formula is C11H12O3. The van der Waals surface area contributed by atoms with Gasteiger partial charge in [-0.15, -0.1) is 0 Å². The summed E-state index contributed by atoms with van der Waals surface area (Å²) >= 11 is 0. The van der Waals surface area contributed by atoms with Crippen molar-refractivity contribution in [2.75, 3.05) is 6.61 Å². The normalized spacial score (nSPS) is 31.1. The zero-order valence-corrected chi connectivity index (χ0v) is 7.91. The highest BCUT2D eigenvalue weighted by Gasteiger charge is 2.23. The van der Waals surface area contributed by atoms with Crippen LogP contribution >= 0.6 is 0 Å². The minimum Gasteiger partial charge on any atom is -0.464 e. The summed E-state index contributed by atoms with van der Waals surface area (Å²) in [6.07, 6.45) is 2.55. The van der Waals surface area contributed by atoms with Crippen LogP contribution in [0.5, 0.6) is 0 Å². The van der Waals surface area contributed by atoms with Crippen LogP contribution < -0.4 is 0 Å². The minimum absolute atomic E-state index is 0.0539. The smallest absolute Gasteiger partial charge is 0.307 e. The number of hydrogen-bond donors (Lipinski definition) is 0. The van der Waals surface area contributed by atoms with Crippen molar-refractivity contribution < 1.29 is 14.3 Å². The first-order chi connectivity index (χ1) is 6.74. The summed E-state index contributed by atoms with van der Waals surface area (Å²) in [6, 6.07) is 0. The maximum Gasteiger partial charge on any atom is 0.307 e. The highest BCUT2D eigenvalue weighted by atomic mass is 16.5. The molecule has 14 heavy (non-hydrogen) atoms. The van der Waals surface area contributed by atoms with Gasteiger partial charge in [-0.05, 0) is 6.42 Å². The lowest BCUT2D eigenvalue weighted by Gasteiger charge is -1.96. The lowest BCUT2D eigenvalue weighted by atomic mass is 10.1. The molecule has 2 rings (SSSR count). The number of Topliss-reactive ketones (excluding diaryl/α,β-unsaturated/α-hetero) is 1. The number of ketones is 1. The molecule has 0 bridgehead atoms. The number of rotatable bonds is 0. The van der Waals surface area contributed by atoms with Gasteiger partial charge in [0.1, 0.15) is 12.4 Å². The van der Waals surface area contributed by atoms with Crippen molar-refractivity contribution in [1.29, 1.82) is 0 Å². The van der Waals surface area contributed by atoms with Gasteiger partial charge in [0.15, 0.2) is 0 Å². The third-order valence-electron chi connectivity index (χ3n) is 2.60. The van der Waals surface area contributed by atoms with E-state index in [-0.39, 0.29) is 17.8 Å². The van der Waals surface area contributed by atoms with E-state index in [1.54, 1.807) is 0 Å². The summed E-state index contributed by atoms with van der Waals surface area (Å²) in [4.78, 5) is 21.7. The standard InChI is InChI=1S/C11H12O3/c12-10-4-3-8(5-10)1-2-9-6-11(13)14-7-9/h8-9H,3-7H2. The number of esters is 1. The Kier molecular flexibility index (Phi) is 2.53. The zero-order chi connectivity index (χ0) is 9.97. The molecule has 0 amide bonds. The molecule has 1 aliphatic carbocycles. The Hall–Kier alpha value is -1.30. The Balaban J connectivity index is 1.87. The van der Waals surface area contributed by atoms with Crippen molar-refractivity contribution in [3.8, 4) is 11.8 Å². The van der Waals surface area contributed by atoms with Gasteiger partial charge < -0.3 is 4.74 Å². The molecule has 0 radical (unpaired) electrons. The fraction of sp³-hybridized carbons (Fsp3) is 0.636. The topological polar surface area (TPSA) is 43.4 Å². The van der Waals surface area contributed by atoms with E-state index in [2.05, 4.69) is 11.8 Å². The summed E-state index contributed by atoms with van der Waals surface area (Å²) in [5.41, 5.74) is 0. The molecule has 1 aliphatic heterocycles. The van der Waals surface area contributed by atoms with Crippen molar-refractivity contribution in [3.05, 3.63) is 0 Å². The molecule has 0 aromatic carbocycles. The van der Waals surface area contributed by atoms with Crippen LogP contribution in [0.25, 0.3) is 0 Å². The largest absolute Gasteiger partial charge is 0.464 e. The Morgan fingerprint density at radius 3 is 2.50 bits per heavy atom. The van der Waals surface area contributed by atoms with Gasteiger partial charge >= 0.3 is 5.97 Å². The van der Waals surface area contributed by atoms with Crippen molar-refractivity contribution >= 4 is 11.8 Å². The lowest BCUT2D eigenvalue weighted by molar-refractivity contribution is -0.137. The molecule has 1 saturated heterocycles. The van der Waals surface area contributed by atoms with E-state index in [1.807, 2.05) is 0 Å². The van der Waals surface area contributed by atoms with Gasteiger partial charge in [-0.3, -0.25) is 9.59 Å². The highest BCUT2D eigenvalue weighted by Crippen LogP contribution is 2.21. The molecule has 2 atom stereocenters. The van der Waals surface area contributed by atoms with E-state index >= 15 is 0 Å². The van der Waals surface area contributed by atoms with Crippen molar-refractivity contribution in [2.45, 2.75) is 25.7 Å². The van der Waals surface area contributed by atoms with Gasteiger partial charge in [0, 0.05) is 18.8 Å². The number of cyclic esters (lactones) is 1. The average Bonchev–Trinajstić information content (AvgIpc) is 2.72. The third kappa shape index (κ3) is 2.14. The van der Waals surface area contributed by atoms with Crippen molar-refractivity contribution in [2.24, 2.45) is 11.8 Å². The molecule has 1 saturated carbocycles. The molecular weight excluding hydrogens is 180 g/mol. The third-order valence-corrected chi connectivity index (χ3v) is 2.60. The Morgan fingerprint density at radius 2 is 1.93 bits per heavy atom. The number of ether oxygens (including phenoxy) is 1. The van der Waals surface area contributed by atoms with Crippen LogP contribution in [0.4, 0.5) is 0 Å². The summed E-state index contributed by atoms with van der Waals surface area (Å²) in [5, 5.41) is 0. The van der Waals surface area contributed by atoms with Crippen LogP contribution in [0.3, 0.4) is 0 Å². The van der Waals surface area contributed by atoms with E-state index in [9.17, 15) is 9.59 Å². The van der Waals surface area contributed by atoms with E-state index in [1.165, 1.54) is 0 Å². The molecule has 0 aromatic heterocycles. The zero-order valence-electron chi connectivity index (χ0n) is 7.91. The van der Waals surface area contributed by atoms with E-state index < -0.39 is 0 Å². The fourth-order valence-electron chi connectivity index (χ4n) is 1.78. The average molecular weight is 192 g/mol. The molecule has 0 spiro atoms. The first-order valence-electron chi connectivity index (χ1n) is 4.92. The minimum atomic E-state index is -0.160. The van der Waals surface area contributed by atoms with Gasteiger partial charge in [-0.25, -0.2) is 0 Å². The van der Waals surface area contributed by atoms with Crippen LogP contribution in [0.1, 0.15) is 25.7 Å². The molecule has 2 aliphatic rings.